The number of phenolic OH excluding ortho intramolecular Hbond substituents is 1. The van der Waals surface area contributed by atoms with Crippen LogP contribution in [0.3, 0.4) is 0 Å². The summed E-state index contributed by atoms with van der Waals surface area (Å²) in [6, 6.07) is 12.6. The minimum atomic E-state index is -0.941. The van der Waals surface area contributed by atoms with Gasteiger partial charge in [-0.05, 0) is 67.8 Å². The summed E-state index contributed by atoms with van der Waals surface area (Å²) < 4.78 is 0.963. The van der Waals surface area contributed by atoms with Crippen LogP contribution in [0.4, 0.5) is 0 Å². The topological polar surface area (TPSA) is 85.4 Å². The van der Waals surface area contributed by atoms with Gasteiger partial charge in [-0.1, -0.05) is 40.6 Å². The Kier molecular flexibility index (Phi) is 6.32. The largest absolute Gasteiger partial charge is 0.508 e. The Labute approximate surface area is 213 Å². The number of benzene rings is 2. The number of hydrogen-bond acceptors (Lipinski definition) is 4. The predicted molar refractivity (Wildman–Crippen MR) is 140 cm³/mol. The Morgan fingerprint density at radius 3 is 2.86 bits per heavy atom. The van der Waals surface area contributed by atoms with Crippen molar-refractivity contribution in [1.29, 1.82) is 0 Å². The van der Waals surface area contributed by atoms with Gasteiger partial charge in [0.15, 0.2) is 5.78 Å². The summed E-state index contributed by atoms with van der Waals surface area (Å²) in [5.41, 5.74) is 2.79. The second-order valence-corrected chi connectivity index (χ2v) is 10.7. The molecular weight excluding hydrogens is 506 g/mol. The van der Waals surface area contributed by atoms with E-state index < -0.39 is 17.5 Å². The van der Waals surface area contributed by atoms with Crippen LogP contribution < -0.4 is 5.32 Å². The highest BCUT2D eigenvalue weighted by atomic mass is 79.9. The third-order valence-corrected chi connectivity index (χ3v) is 7.93. The fourth-order valence-corrected chi connectivity index (χ4v) is 6.17. The molecule has 0 aliphatic carbocycles. The Morgan fingerprint density at radius 1 is 1.26 bits per heavy atom. The van der Waals surface area contributed by atoms with E-state index in [1.807, 2.05) is 31.2 Å². The molecule has 35 heavy (non-hydrogen) atoms. The van der Waals surface area contributed by atoms with Gasteiger partial charge in [-0.15, -0.1) is 6.58 Å². The van der Waals surface area contributed by atoms with E-state index in [4.69, 9.17) is 0 Å². The number of carbonyl (C=O) groups is 2. The van der Waals surface area contributed by atoms with Crippen molar-refractivity contribution in [2.45, 2.75) is 44.2 Å². The van der Waals surface area contributed by atoms with E-state index in [1.54, 1.807) is 23.1 Å². The second-order valence-electron chi connectivity index (χ2n) is 9.77. The van der Waals surface area contributed by atoms with E-state index in [0.29, 0.717) is 12.8 Å². The summed E-state index contributed by atoms with van der Waals surface area (Å²) in [6.45, 7) is 7.20. The average molecular weight is 536 g/mol. The van der Waals surface area contributed by atoms with Crippen molar-refractivity contribution in [3.8, 4) is 5.75 Å². The zero-order valence-corrected chi connectivity index (χ0v) is 21.4. The Bertz CT molecular complexity index is 1320. The van der Waals surface area contributed by atoms with Crippen LogP contribution >= 0.6 is 15.9 Å². The molecule has 2 aliphatic rings. The molecule has 0 saturated carbocycles. The standard InChI is InChI=1S/C28H30BrN3O3/c1-3-12-30-13-5-4-9-20-26(34)28(2)16-22-21-15-18(29)10-11-23(21)31-24(22)25(32(28)27(20)35)17-7-6-8-19(33)14-17/h3,6-8,10-11,14-15,20,25,30-31,33H,1,4-5,9,12-13,16H2,2H3/t20?,25-,28+/m1/s1. The number of aromatic amines is 1. The number of unbranched alkanes of at least 4 members (excludes halogenated alkanes) is 1. The van der Waals surface area contributed by atoms with E-state index in [9.17, 15) is 14.7 Å². The van der Waals surface area contributed by atoms with Gasteiger partial charge >= 0.3 is 0 Å². The van der Waals surface area contributed by atoms with Crippen molar-refractivity contribution in [3.63, 3.8) is 0 Å². The minimum absolute atomic E-state index is 0.00157. The molecule has 182 valence electrons. The Morgan fingerprint density at radius 2 is 2.09 bits per heavy atom. The molecule has 1 amide bonds. The number of nitrogens with zero attached hydrogens (tertiary/aromatic N) is 1. The van der Waals surface area contributed by atoms with E-state index >= 15 is 0 Å². The zero-order chi connectivity index (χ0) is 24.7. The van der Waals surface area contributed by atoms with Crippen molar-refractivity contribution in [2.75, 3.05) is 13.1 Å². The molecule has 6 nitrogen and oxygen atoms in total. The maximum Gasteiger partial charge on any atom is 0.234 e. The van der Waals surface area contributed by atoms with Gasteiger partial charge in [-0.25, -0.2) is 0 Å². The number of halogens is 1. The highest BCUT2D eigenvalue weighted by molar-refractivity contribution is 9.10. The molecule has 3 heterocycles. The zero-order valence-electron chi connectivity index (χ0n) is 19.8. The van der Waals surface area contributed by atoms with Crippen molar-refractivity contribution in [3.05, 3.63) is 76.4 Å². The Balaban J connectivity index is 1.55. The maximum absolute atomic E-state index is 13.9. The SMILES string of the molecule is C=CCNCCCCC1C(=O)N2[C@H](c3cccc(O)c3)c3[nH]c4ccc(Br)cc4c3C[C@@]2(C)C1=O. The van der Waals surface area contributed by atoms with E-state index in [1.165, 1.54) is 0 Å². The lowest BCUT2D eigenvalue weighted by Gasteiger charge is -2.44. The van der Waals surface area contributed by atoms with Crippen molar-refractivity contribution in [1.82, 2.24) is 15.2 Å². The minimum Gasteiger partial charge on any atom is -0.508 e. The molecule has 2 aromatic carbocycles. The number of ketones is 1. The summed E-state index contributed by atoms with van der Waals surface area (Å²) >= 11 is 3.58. The maximum atomic E-state index is 13.9. The van der Waals surface area contributed by atoms with Gasteiger partial charge < -0.3 is 20.3 Å². The van der Waals surface area contributed by atoms with Gasteiger partial charge in [-0.2, -0.15) is 0 Å². The lowest BCUT2D eigenvalue weighted by molar-refractivity contribution is -0.136. The van der Waals surface area contributed by atoms with Crippen LogP contribution in [0.5, 0.6) is 5.75 Å². The third-order valence-electron chi connectivity index (χ3n) is 7.44. The molecule has 7 heteroatoms. The monoisotopic (exact) mass is 535 g/mol. The summed E-state index contributed by atoms with van der Waals surface area (Å²) in [5.74, 6) is -0.616. The first-order valence-corrected chi connectivity index (χ1v) is 12.9. The fraction of sp³-hybridized carbons (Fsp3) is 0.357. The molecule has 2 aliphatic heterocycles. The van der Waals surface area contributed by atoms with E-state index in [0.717, 1.165) is 58.1 Å². The highest BCUT2D eigenvalue weighted by Crippen LogP contribution is 2.50. The normalized spacial score (nSPS) is 23.5. The van der Waals surface area contributed by atoms with Crippen LogP contribution in [0, 0.1) is 5.92 Å². The number of Topliss-reactive ketones (excluding diaryl/α,β-unsaturated/α-hetero) is 1. The molecule has 1 aromatic heterocycles. The van der Waals surface area contributed by atoms with Crippen LogP contribution in [0.2, 0.25) is 0 Å². The molecule has 5 rings (SSSR count). The van der Waals surface area contributed by atoms with Crippen LogP contribution in [-0.2, 0) is 16.0 Å². The van der Waals surface area contributed by atoms with Crippen LogP contribution in [0.1, 0.15) is 49.0 Å². The summed E-state index contributed by atoms with van der Waals surface area (Å²) in [7, 11) is 0. The molecular formula is C28H30BrN3O3. The van der Waals surface area contributed by atoms with E-state index in [2.05, 4.69) is 38.9 Å². The third kappa shape index (κ3) is 4.00. The highest BCUT2D eigenvalue weighted by Gasteiger charge is 2.60. The number of aromatic nitrogens is 1. The number of aromatic hydroxyl groups is 1. The molecule has 0 spiro atoms. The molecule has 1 unspecified atom stereocenters. The molecule has 0 bridgehead atoms. The number of H-pyrrole nitrogens is 1. The first-order chi connectivity index (χ1) is 16.8. The van der Waals surface area contributed by atoms with Crippen molar-refractivity contribution >= 4 is 38.5 Å². The van der Waals surface area contributed by atoms with E-state index in [-0.39, 0.29) is 17.4 Å². The quantitative estimate of drug-likeness (QED) is 0.215. The predicted octanol–water partition coefficient (Wildman–Crippen LogP) is 5.01. The van der Waals surface area contributed by atoms with Gasteiger partial charge in [0.2, 0.25) is 5.91 Å². The Hall–Kier alpha value is -2.90. The van der Waals surface area contributed by atoms with Gasteiger partial charge in [-0.3, -0.25) is 9.59 Å². The number of phenols is 1. The molecule has 3 aromatic rings. The lowest BCUT2D eigenvalue weighted by Crippen LogP contribution is -2.53. The van der Waals surface area contributed by atoms with Gasteiger partial charge in [0.05, 0.1) is 12.0 Å². The fourth-order valence-electron chi connectivity index (χ4n) is 5.81. The number of amides is 1. The summed E-state index contributed by atoms with van der Waals surface area (Å²) in [6.07, 6.45) is 4.54. The molecule has 1 fully saturated rings. The van der Waals surface area contributed by atoms with Crippen LogP contribution in [-0.4, -0.2) is 45.3 Å². The van der Waals surface area contributed by atoms with Crippen LogP contribution in [0.15, 0.2) is 59.6 Å². The van der Waals surface area contributed by atoms with Gasteiger partial charge in [0.1, 0.15) is 11.3 Å². The van der Waals surface area contributed by atoms with Gasteiger partial charge in [0.25, 0.3) is 0 Å². The number of hydrogen-bond donors (Lipinski definition) is 3. The second kappa shape index (κ2) is 9.28. The molecule has 0 radical (unpaired) electrons. The average Bonchev–Trinajstić information content (AvgIpc) is 3.27. The summed E-state index contributed by atoms with van der Waals surface area (Å²) in [5, 5.41) is 14.6. The van der Waals surface area contributed by atoms with Crippen molar-refractivity contribution < 1.29 is 14.7 Å². The van der Waals surface area contributed by atoms with Crippen LogP contribution in [0.25, 0.3) is 10.9 Å². The molecule has 1 saturated heterocycles. The smallest absolute Gasteiger partial charge is 0.234 e. The number of fused-ring (bicyclic) bond motifs is 4. The number of nitrogens with one attached hydrogen (secondary N) is 2. The number of carbonyl (C=O) groups excluding carboxylic acids is 2. The van der Waals surface area contributed by atoms with Gasteiger partial charge in [0, 0.05) is 34.0 Å². The lowest BCUT2D eigenvalue weighted by atomic mass is 9.79. The van der Waals surface area contributed by atoms with Crippen molar-refractivity contribution in [2.24, 2.45) is 5.92 Å². The number of rotatable bonds is 8. The first kappa shape index (κ1) is 23.8. The summed E-state index contributed by atoms with van der Waals surface area (Å²) in [4.78, 5) is 33.0. The first-order valence-electron chi connectivity index (χ1n) is 12.1. The molecule has 3 N–H and O–H groups in total. The molecule has 3 atom stereocenters.